The van der Waals surface area contributed by atoms with Crippen LogP contribution in [0.4, 0.5) is 18.3 Å². The van der Waals surface area contributed by atoms with Gasteiger partial charge in [0.2, 0.25) is 0 Å². The fourth-order valence-corrected chi connectivity index (χ4v) is 5.55. The normalized spacial score (nSPS) is 23.7. The van der Waals surface area contributed by atoms with E-state index in [0.29, 0.717) is 4.90 Å². The number of anilines is 1. The number of carboxylic acids is 1. The number of thiazole rings is 1. The number of nitrogens with zero attached hydrogens (tertiary/aromatic N) is 4. The van der Waals surface area contributed by atoms with Crippen molar-refractivity contribution in [1.82, 2.24) is 20.1 Å². The van der Waals surface area contributed by atoms with Gasteiger partial charge in [-0.25, -0.2) is 9.78 Å². The second-order valence-corrected chi connectivity index (χ2v) is 9.50. The molecule has 5 N–H and O–H groups in total. The number of hydrogen-bond acceptors (Lipinski definition) is 10. The highest BCUT2D eigenvalue weighted by Crippen LogP contribution is 2.41. The number of allylic oxidation sites excluding steroid dienone is 1. The van der Waals surface area contributed by atoms with Gasteiger partial charge in [0.25, 0.3) is 17.7 Å². The monoisotopic (exact) mass is 532 g/mol. The van der Waals surface area contributed by atoms with Crippen molar-refractivity contribution < 1.29 is 42.7 Å². The first kappa shape index (κ1) is 24.5. The zero-order chi connectivity index (χ0) is 25.7. The van der Waals surface area contributed by atoms with Gasteiger partial charge in [0, 0.05) is 16.7 Å². The summed E-state index contributed by atoms with van der Waals surface area (Å²) in [6, 6.07) is -1.14. The van der Waals surface area contributed by atoms with Gasteiger partial charge in [0.1, 0.15) is 29.4 Å². The molecule has 12 nitrogen and oxygen atoms in total. The number of carbonyl (C=O) groups is 4. The van der Waals surface area contributed by atoms with Gasteiger partial charge in [0.15, 0.2) is 10.8 Å². The van der Waals surface area contributed by atoms with Crippen molar-refractivity contribution in [3.63, 3.8) is 0 Å². The minimum Gasteiger partial charge on any atom is -0.477 e. The van der Waals surface area contributed by atoms with Crippen LogP contribution in [0.1, 0.15) is 5.69 Å². The highest BCUT2D eigenvalue weighted by molar-refractivity contribution is 8.00. The Morgan fingerprint density at radius 3 is 2.63 bits per heavy atom. The van der Waals surface area contributed by atoms with E-state index in [9.17, 15) is 42.7 Å². The molecule has 35 heavy (non-hydrogen) atoms. The molecular formula is C18H15F3N6O6S2. The third-order valence-corrected chi connectivity index (χ3v) is 7.18. The summed E-state index contributed by atoms with van der Waals surface area (Å²) < 4.78 is 37.5. The maximum Gasteiger partial charge on any atom is 0.406 e. The van der Waals surface area contributed by atoms with E-state index in [1.165, 1.54) is 11.5 Å². The van der Waals surface area contributed by atoms with E-state index in [0.717, 1.165) is 28.0 Å². The molecule has 1 aromatic rings. The quantitative estimate of drug-likeness (QED) is 0.129. The first-order valence-corrected chi connectivity index (χ1v) is 11.6. The van der Waals surface area contributed by atoms with Crippen LogP contribution >= 0.6 is 23.1 Å². The van der Waals surface area contributed by atoms with Crippen molar-refractivity contribution in [2.45, 2.75) is 17.6 Å². The Morgan fingerprint density at radius 1 is 1.37 bits per heavy atom. The van der Waals surface area contributed by atoms with E-state index in [1.807, 2.05) is 0 Å². The lowest BCUT2D eigenvalue weighted by molar-refractivity contribution is -0.164. The molecule has 2 fully saturated rings. The molecule has 4 rings (SSSR count). The van der Waals surface area contributed by atoms with Crippen molar-refractivity contribution in [1.29, 1.82) is 0 Å². The average molecular weight is 532 g/mol. The zero-order valence-electron chi connectivity index (χ0n) is 17.3. The molecule has 17 heteroatoms. The van der Waals surface area contributed by atoms with Crippen molar-refractivity contribution >= 4 is 57.6 Å². The number of thioether (sulfide) groups is 1. The number of carboxylic acid groups (broad SMARTS) is 1. The smallest absolute Gasteiger partial charge is 0.406 e. The van der Waals surface area contributed by atoms with Crippen LogP contribution in [0.25, 0.3) is 0 Å². The average Bonchev–Trinajstić information content (AvgIpc) is 3.21. The van der Waals surface area contributed by atoms with E-state index in [2.05, 4.69) is 15.5 Å². The summed E-state index contributed by atoms with van der Waals surface area (Å²) in [5.74, 6) is -4.03. The number of carbonyl (C=O) groups excluding carboxylic acids is 3. The van der Waals surface area contributed by atoms with Gasteiger partial charge >= 0.3 is 12.1 Å². The van der Waals surface area contributed by atoms with Crippen LogP contribution in [0.15, 0.2) is 33.5 Å². The van der Waals surface area contributed by atoms with E-state index < -0.39 is 59.2 Å². The van der Waals surface area contributed by atoms with Crippen LogP contribution in [0.2, 0.25) is 0 Å². The fourth-order valence-electron chi connectivity index (χ4n) is 3.69. The molecular weight excluding hydrogens is 517 g/mol. The second kappa shape index (κ2) is 8.88. The predicted molar refractivity (Wildman–Crippen MR) is 115 cm³/mol. The molecule has 0 aromatic carbocycles. The number of fused-ring (bicyclic) bond motifs is 1. The Labute approximate surface area is 201 Å². The molecule has 0 aliphatic carbocycles. The number of nitrogens with one attached hydrogen (secondary N) is 1. The second-order valence-electron chi connectivity index (χ2n) is 7.51. The number of nitrogen functional groups attached to an aromatic ring is 1. The first-order chi connectivity index (χ1) is 16.4. The highest BCUT2D eigenvalue weighted by atomic mass is 32.2. The number of nitrogens with two attached hydrogens (primary N) is 1. The van der Waals surface area contributed by atoms with Gasteiger partial charge in [-0.05, 0) is 11.6 Å². The van der Waals surface area contributed by atoms with Gasteiger partial charge in [-0.2, -0.15) is 13.2 Å². The number of rotatable bonds is 6. The van der Waals surface area contributed by atoms with Gasteiger partial charge in [-0.3, -0.25) is 19.3 Å². The molecule has 0 bridgehead atoms. The van der Waals surface area contributed by atoms with Crippen LogP contribution in [0, 0.1) is 0 Å². The Balaban J connectivity index is 1.49. The molecule has 3 aliphatic rings. The molecule has 0 unspecified atom stereocenters. The van der Waals surface area contributed by atoms with E-state index in [1.54, 1.807) is 0 Å². The van der Waals surface area contributed by atoms with E-state index in [4.69, 9.17) is 5.73 Å². The Bertz CT molecular complexity index is 1230. The number of aliphatic carboxylic acids is 1. The van der Waals surface area contributed by atoms with Crippen LogP contribution in [-0.4, -0.2) is 90.9 Å². The summed E-state index contributed by atoms with van der Waals surface area (Å²) in [6.45, 7) is -1.72. The molecule has 2 atom stereocenters. The Hall–Kier alpha value is -3.60. The number of alkyl halides is 3. The van der Waals surface area contributed by atoms with Crippen molar-refractivity contribution in [2.24, 2.45) is 5.16 Å². The lowest BCUT2D eigenvalue weighted by atomic mass is 9.99. The summed E-state index contributed by atoms with van der Waals surface area (Å²) in [7, 11) is 0. The molecule has 3 aliphatic heterocycles. The van der Waals surface area contributed by atoms with Crippen LogP contribution < -0.4 is 11.1 Å². The largest absolute Gasteiger partial charge is 0.477 e. The topological polar surface area (TPSA) is 179 Å². The molecule has 0 spiro atoms. The Kier molecular flexibility index (Phi) is 6.22. The predicted octanol–water partition coefficient (Wildman–Crippen LogP) is -0.0269. The minimum absolute atomic E-state index is 0.00814. The van der Waals surface area contributed by atoms with Gasteiger partial charge in [-0.1, -0.05) is 5.16 Å². The maximum atomic E-state index is 12.7. The number of amides is 3. The lowest BCUT2D eigenvalue weighted by Crippen LogP contribution is -2.71. The molecule has 3 amide bonds. The molecule has 4 heterocycles. The van der Waals surface area contributed by atoms with Crippen LogP contribution in [0.5, 0.6) is 0 Å². The third kappa shape index (κ3) is 4.55. The SMILES string of the molecule is Nc1nc(/C(=N/O)C(=O)N[C@@H]2C(=O)N3C(C(=O)O)=C(C=C4CN(CC(F)(F)F)C4=O)CS[C@H]23)cs1. The van der Waals surface area contributed by atoms with E-state index >= 15 is 0 Å². The number of oxime groups is 1. The number of halogens is 3. The summed E-state index contributed by atoms with van der Waals surface area (Å²) >= 11 is 2.08. The molecule has 186 valence electrons. The summed E-state index contributed by atoms with van der Waals surface area (Å²) in [4.78, 5) is 54.5. The third-order valence-electron chi connectivity index (χ3n) is 5.21. The standard InChI is InChI=1S/C18H15F3N6O6S2/c19-18(20,21)5-26-2-6(13(26)29)1-7-3-34-15-10(14(30)27(15)11(7)16(31)32)24-12(28)9(25-33)8-4-35-17(22)23-8/h1,4,10,15,33H,2-3,5H2,(H2,22,23)(H,24,28)(H,31,32)/b6-1?,25-9-/t10-,15-/m1/s1. The number of likely N-dealkylation sites (tertiary alicyclic amines) is 1. The van der Waals surface area contributed by atoms with Crippen molar-refractivity contribution in [2.75, 3.05) is 24.6 Å². The van der Waals surface area contributed by atoms with Crippen molar-refractivity contribution in [3.05, 3.63) is 34.0 Å². The summed E-state index contributed by atoms with van der Waals surface area (Å²) in [5, 5.41) is 24.8. The maximum absolute atomic E-state index is 12.7. The molecule has 1 aromatic heterocycles. The van der Waals surface area contributed by atoms with Gasteiger partial charge < -0.3 is 26.3 Å². The lowest BCUT2D eigenvalue weighted by Gasteiger charge is -2.49. The zero-order valence-corrected chi connectivity index (χ0v) is 18.9. The molecule has 0 saturated carbocycles. The fraction of sp³-hybridized carbons (Fsp3) is 0.333. The highest BCUT2D eigenvalue weighted by Gasteiger charge is 2.54. The first-order valence-electron chi connectivity index (χ1n) is 9.63. The van der Waals surface area contributed by atoms with Gasteiger partial charge in [0.05, 0.1) is 6.54 Å². The van der Waals surface area contributed by atoms with Crippen LogP contribution in [0.3, 0.4) is 0 Å². The molecule has 2 saturated heterocycles. The summed E-state index contributed by atoms with van der Waals surface area (Å²) in [6.07, 6.45) is -3.37. The van der Waals surface area contributed by atoms with E-state index in [-0.39, 0.29) is 34.3 Å². The number of hydrogen-bond donors (Lipinski definition) is 4. The van der Waals surface area contributed by atoms with Crippen LogP contribution in [-0.2, 0) is 19.2 Å². The minimum atomic E-state index is -4.56. The Morgan fingerprint density at radius 2 is 2.09 bits per heavy atom. The number of β-lactam (4-membered cyclic amide) rings is 2. The van der Waals surface area contributed by atoms with Gasteiger partial charge in [-0.15, -0.1) is 23.1 Å². The summed E-state index contributed by atoms with van der Waals surface area (Å²) in [5.41, 5.74) is 4.65. The molecule has 0 radical (unpaired) electrons. The number of aromatic nitrogens is 1. The van der Waals surface area contributed by atoms with Crippen molar-refractivity contribution in [3.8, 4) is 0 Å².